The van der Waals surface area contributed by atoms with Crippen LogP contribution in [-0.2, 0) is 0 Å². The minimum atomic E-state index is -0.161. The number of carbonyl (C=O) groups is 1. The Morgan fingerprint density at radius 2 is 2.29 bits per heavy atom. The molecular weight excluding hydrogens is 238 g/mol. The first kappa shape index (κ1) is 12.3. The Bertz CT molecular complexity index is 432. The van der Waals surface area contributed by atoms with Gasteiger partial charge in [-0.3, -0.25) is 4.79 Å². The van der Waals surface area contributed by atoms with E-state index in [1.54, 1.807) is 13.1 Å². The Hall–Kier alpha value is -1.16. The Labute approximate surface area is 106 Å². The van der Waals surface area contributed by atoms with Gasteiger partial charge in [0.25, 0.3) is 5.91 Å². The van der Waals surface area contributed by atoms with Crippen molar-refractivity contribution in [2.24, 2.45) is 5.92 Å². The van der Waals surface area contributed by atoms with Crippen LogP contribution in [0.3, 0.4) is 0 Å². The van der Waals surface area contributed by atoms with Gasteiger partial charge in [0.05, 0.1) is 0 Å². The van der Waals surface area contributed by atoms with Crippen LogP contribution in [0.25, 0.3) is 0 Å². The predicted octanol–water partition coefficient (Wildman–Crippen LogP) is 2.36. The second-order valence-corrected chi connectivity index (χ2v) is 4.96. The minimum absolute atomic E-state index is 0.108. The topological polar surface area (TPSA) is 54.9 Å². The molecule has 0 saturated heterocycles. The second-order valence-electron chi connectivity index (χ2n) is 4.62. The average molecular weight is 254 g/mol. The van der Waals surface area contributed by atoms with Crippen molar-refractivity contribution in [3.63, 3.8) is 0 Å². The fourth-order valence-corrected chi connectivity index (χ4v) is 2.12. The molecular formula is C12H16ClN3O. The molecule has 1 N–H and O–H groups in total. The minimum Gasteiger partial charge on any atom is -0.348 e. The molecule has 0 aromatic carbocycles. The highest BCUT2D eigenvalue weighted by molar-refractivity contribution is 6.28. The van der Waals surface area contributed by atoms with Crippen molar-refractivity contribution in [2.45, 2.75) is 39.2 Å². The molecule has 1 unspecified atom stereocenters. The second kappa shape index (κ2) is 5.00. The molecule has 17 heavy (non-hydrogen) atoms. The molecule has 1 saturated carbocycles. The van der Waals surface area contributed by atoms with Gasteiger partial charge in [-0.05, 0) is 49.8 Å². The SMILES string of the molecule is Cc1cnc(Cl)nc1C(=O)NC(C)C1CCC1. The Morgan fingerprint density at radius 3 is 2.88 bits per heavy atom. The van der Waals surface area contributed by atoms with Crippen LogP contribution >= 0.6 is 11.6 Å². The molecule has 5 heteroatoms. The summed E-state index contributed by atoms with van der Waals surface area (Å²) in [6.45, 7) is 3.85. The lowest BCUT2D eigenvalue weighted by atomic mass is 9.80. The van der Waals surface area contributed by atoms with Crippen molar-refractivity contribution < 1.29 is 4.79 Å². The average Bonchev–Trinajstić information content (AvgIpc) is 2.18. The number of rotatable bonds is 3. The lowest BCUT2D eigenvalue weighted by Gasteiger charge is -2.31. The first-order chi connectivity index (χ1) is 8.08. The van der Waals surface area contributed by atoms with E-state index in [0.717, 1.165) is 5.56 Å². The molecule has 2 rings (SSSR count). The van der Waals surface area contributed by atoms with Gasteiger partial charge in [0.15, 0.2) is 0 Å². The summed E-state index contributed by atoms with van der Waals surface area (Å²) < 4.78 is 0. The summed E-state index contributed by atoms with van der Waals surface area (Å²) in [6, 6.07) is 0.199. The summed E-state index contributed by atoms with van der Waals surface area (Å²) >= 11 is 5.70. The summed E-state index contributed by atoms with van der Waals surface area (Å²) in [5, 5.41) is 3.09. The van der Waals surface area contributed by atoms with E-state index in [1.807, 2.05) is 6.92 Å². The van der Waals surface area contributed by atoms with Gasteiger partial charge < -0.3 is 5.32 Å². The van der Waals surface area contributed by atoms with E-state index in [-0.39, 0.29) is 17.2 Å². The standard InChI is InChI=1S/C12H16ClN3O/c1-7-6-14-12(13)16-10(7)11(17)15-8(2)9-4-3-5-9/h6,8-9H,3-5H2,1-2H3,(H,15,17). The van der Waals surface area contributed by atoms with Crippen LogP contribution in [0.1, 0.15) is 42.2 Å². The lowest BCUT2D eigenvalue weighted by molar-refractivity contribution is 0.0903. The van der Waals surface area contributed by atoms with Crippen molar-refractivity contribution in [1.29, 1.82) is 0 Å². The fourth-order valence-electron chi connectivity index (χ4n) is 1.98. The smallest absolute Gasteiger partial charge is 0.270 e. The zero-order valence-electron chi connectivity index (χ0n) is 10.0. The largest absolute Gasteiger partial charge is 0.348 e. The molecule has 0 bridgehead atoms. The third-order valence-corrected chi connectivity index (χ3v) is 3.56. The van der Waals surface area contributed by atoms with E-state index >= 15 is 0 Å². The summed E-state index contributed by atoms with van der Waals surface area (Å²) in [7, 11) is 0. The predicted molar refractivity (Wildman–Crippen MR) is 66.0 cm³/mol. The third-order valence-electron chi connectivity index (χ3n) is 3.37. The molecule has 0 radical (unpaired) electrons. The zero-order valence-corrected chi connectivity index (χ0v) is 10.8. The van der Waals surface area contributed by atoms with Crippen molar-refractivity contribution in [3.8, 4) is 0 Å². The Kier molecular flexibility index (Phi) is 3.62. The first-order valence-corrected chi connectivity index (χ1v) is 6.25. The maximum absolute atomic E-state index is 12.0. The van der Waals surface area contributed by atoms with E-state index < -0.39 is 0 Å². The van der Waals surface area contributed by atoms with E-state index in [4.69, 9.17) is 11.6 Å². The molecule has 1 atom stereocenters. The number of aromatic nitrogens is 2. The van der Waals surface area contributed by atoms with Gasteiger partial charge in [0.2, 0.25) is 5.28 Å². The normalized spacial score (nSPS) is 17.4. The van der Waals surface area contributed by atoms with E-state index in [9.17, 15) is 4.79 Å². The van der Waals surface area contributed by atoms with E-state index in [1.165, 1.54) is 19.3 Å². The molecule has 1 aliphatic carbocycles. The number of aryl methyl sites for hydroxylation is 1. The number of hydrogen-bond acceptors (Lipinski definition) is 3. The molecule has 4 nitrogen and oxygen atoms in total. The molecule has 1 heterocycles. The molecule has 0 aliphatic heterocycles. The molecule has 1 aliphatic rings. The molecule has 1 aromatic heterocycles. The maximum atomic E-state index is 12.0. The van der Waals surface area contributed by atoms with Gasteiger partial charge in [-0.2, -0.15) is 0 Å². The van der Waals surface area contributed by atoms with Crippen LogP contribution in [0, 0.1) is 12.8 Å². The third kappa shape index (κ3) is 2.75. The number of hydrogen-bond donors (Lipinski definition) is 1. The van der Waals surface area contributed by atoms with E-state index in [0.29, 0.717) is 11.6 Å². The van der Waals surface area contributed by atoms with Crippen LogP contribution < -0.4 is 5.32 Å². The number of nitrogens with zero attached hydrogens (tertiary/aromatic N) is 2. The summed E-state index contributed by atoms with van der Waals surface area (Å²) in [6.07, 6.45) is 5.23. The van der Waals surface area contributed by atoms with Gasteiger partial charge >= 0.3 is 0 Å². The van der Waals surface area contributed by atoms with Gasteiger partial charge in [-0.25, -0.2) is 9.97 Å². The van der Waals surface area contributed by atoms with Gasteiger partial charge in [-0.1, -0.05) is 6.42 Å². The van der Waals surface area contributed by atoms with Crippen molar-refractivity contribution in [1.82, 2.24) is 15.3 Å². The highest BCUT2D eigenvalue weighted by atomic mass is 35.5. The van der Waals surface area contributed by atoms with Crippen LogP contribution in [0.5, 0.6) is 0 Å². The van der Waals surface area contributed by atoms with Crippen molar-refractivity contribution in [3.05, 3.63) is 22.7 Å². The van der Waals surface area contributed by atoms with Gasteiger partial charge in [-0.15, -0.1) is 0 Å². The lowest BCUT2D eigenvalue weighted by Crippen LogP contribution is -2.41. The first-order valence-electron chi connectivity index (χ1n) is 5.88. The monoisotopic (exact) mass is 253 g/mol. The maximum Gasteiger partial charge on any atom is 0.270 e. The van der Waals surface area contributed by atoms with Crippen LogP contribution in [0.4, 0.5) is 0 Å². The van der Waals surface area contributed by atoms with E-state index in [2.05, 4.69) is 15.3 Å². The highest BCUT2D eigenvalue weighted by Gasteiger charge is 2.26. The van der Waals surface area contributed by atoms with Crippen LogP contribution in [0.15, 0.2) is 6.20 Å². The molecule has 0 spiro atoms. The van der Waals surface area contributed by atoms with Gasteiger partial charge in [0.1, 0.15) is 5.69 Å². The molecule has 1 fully saturated rings. The Balaban J connectivity index is 2.05. The Morgan fingerprint density at radius 1 is 1.59 bits per heavy atom. The van der Waals surface area contributed by atoms with Crippen molar-refractivity contribution >= 4 is 17.5 Å². The summed E-state index contributed by atoms with van der Waals surface area (Å²) in [5.74, 6) is 0.447. The number of carbonyl (C=O) groups excluding carboxylic acids is 1. The van der Waals surface area contributed by atoms with Crippen LogP contribution in [-0.4, -0.2) is 21.9 Å². The molecule has 1 amide bonds. The summed E-state index contributed by atoms with van der Waals surface area (Å²) in [5.41, 5.74) is 1.11. The van der Waals surface area contributed by atoms with Crippen molar-refractivity contribution in [2.75, 3.05) is 0 Å². The number of halogens is 1. The highest BCUT2D eigenvalue weighted by Crippen LogP contribution is 2.29. The quantitative estimate of drug-likeness (QED) is 0.842. The molecule has 92 valence electrons. The number of amides is 1. The zero-order chi connectivity index (χ0) is 12.4. The van der Waals surface area contributed by atoms with Gasteiger partial charge in [0, 0.05) is 12.2 Å². The fraction of sp³-hybridized carbons (Fsp3) is 0.583. The van der Waals surface area contributed by atoms with Crippen LogP contribution in [0.2, 0.25) is 5.28 Å². The number of nitrogens with one attached hydrogen (secondary N) is 1. The molecule has 1 aromatic rings. The summed E-state index contributed by atoms with van der Waals surface area (Å²) in [4.78, 5) is 19.8.